The van der Waals surface area contributed by atoms with Crippen molar-refractivity contribution >= 4 is 15.9 Å². The van der Waals surface area contributed by atoms with Crippen LogP contribution in [0.15, 0.2) is 16.7 Å². The average molecular weight is 351 g/mol. The number of hydrogen-bond donors (Lipinski definition) is 1. The summed E-state index contributed by atoms with van der Waals surface area (Å²) in [6.07, 6.45) is -0.273. The maximum atomic E-state index is 13.0. The Balaban J connectivity index is 2.83. The SMILES string of the molecule is CN[C@@](C)(COc1ncc(Br)cc1C(F)F)CC(C)C. The van der Waals surface area contributed by atoms with Crippen molar-refractivity contribution in [3.63, 3.8) is 0 Å². The highest BCUT2D eigenvalue weighted by Crippen LogP contribution is 2.30. The van der Waals surface area contributed by atoms with E-state index in [2.05, 4.69) is 40.1 Å². The Morgan fingerprint density at radius 1 is 1.45 bits per heavy atom. The summed E-state index contributed by atoms with van der Waals surface area (Å²) in [5.74, 6) is 0.469. The van der Waals surface area contributed by atoms with Crippen LogP contribution in [-0.4, -0.2) is 24.2 Å². The number of hydrogen-bond acceptors (Lipinski definition) is 3. The number of nitrogens with one attached hydrogen (secondary N) is 1. The van der Waals surface area contributed by atoms with Gasteiger partial charge in [0.15, 0.2) is 0 Å². The lowest BCUT2D eigenvalue weighted by Crippen LogP contribution is -2.46. The third kappa shape index (κ3) is 4.98. The minimum absolute atomic E-state index is 0.00608. The molecule has 0 aromatic carbocycles. The maximum absolute atomic E-state index is 13.0. The minimum atomic E-state index is -2.61. The molecule has 0 radical (unpaired) electrons. The van der Waals surface area contributed by atoms with Crippen LogP contribution in [0.4, 0.5) is 8.78 Å². The van der Waals surface area contributed by atoms with Crippen LogP contribution in [0, 0.1) is 5.92 Å². The van der Waals surface area contributed by atoms with Crippen molar-refractivity contribution < 1.29 is 13.5 Å². The van der Waals surface area contributed by atoms with E-state index < -0.39 is 6.43 Å². The highest BCUT2D eigenvalue weighted by Gasteiger charge is 2.26. The Morgan fingerprint density at radius 2 is 2.10 bits per heavy atom. The summed E-state index contributed by atoms with van der Waals surface area (Å²) in [6, 6.07) is 1.34. The lowest BCUT2D eigenvalue weighted by Gasteiger charge is -2.31. The molecule has 1 N–H and O–H groups in total. The predicted molar refractivity (Wildman–Crippen MR) is 79.3 cm³/mol. The molecule has 114 valence electrons. The first-order valence-electron chi connectivity index (χ1n) is 6.52. The van der Waals surface area contributed by atoms with E-state index in [-0.39, 0.29) is 23.6 Å². The third-order valence-electron chi connectivity index (χ3n) is 3.07. The molecule has 20 heavy (non-hydrogen) atoms. The van der Waals surface area contributed by atoms with Crippen molar-refractivity contribution in [3.8, 4) is 5.88 Å². The topological polar surface area (TPSA) is 34.1 Å². The standard InChI is InChI=1S/C14H21BrF2N2O/c1-9(2)6-14(3,18-4)8-20-13-11(12(16)17)5-10(15)7-19-13/h5,7,9,12,18H,6,8H2,1-4H3/t14-/m1/s1. The summed E-state index contributed by atoms with van der Waals surface area (Å²) < 4.78 is 32.0. The molecule has 0 saturated carbocycles. The molecule has 1 rings (SSSR count). The molecule has 0 bridgehead atoms. The van der Waals surface area contributed by atoms with Gasteiger partial charge in [-0.15, -0.1) is 0 Å². The molecule has 0 saturated heterocycles. The quantitative estimate of drug-likeness (QED) is 0.800. The first-order chi connectivity index (χ1) is 9.27. The molecule has 0 fully saturated rings. The largest absolute Gasteiger partial charge is 0.475 e. The van der Waals surface area contributed by atoms with Crippen LogP contribution in [0.3, 0.4) is 0 Å². The van der Waals surface area contributed by atoms with Gasteiger partial charge in [-0.2, -0.15) is 0 Å². The normalized spacial score (nSPS) is 14.7. The number of ether oxygens (including phenoxy) is 1. The van der Waals surface area contributed by atoms with E-state index in [1.807, 2.05) is 14.0 Å². The summed E-state index contributed by atoms with van der Waals surface area (Å²) in [5, 5.41) is 3.19. The molecule has 0 amide bonds. The maximum Gasteiger partial charge on any atom is 0.269 e. The summed E-state index contributed by atoms with van der Waals surface area (Å²) in [7, 11) is 1.84. The molecule has 0 spiro atoms. The predicted octanol–water partition coefficient (Wildman–Crippen LogP) is 4.18. The fourth-order valence-corrected chi connectivity index (χ4v) is 2.43. The number of pyridine rings is 1. The zero-order valence-corrected chi connectivity index (χ0v) is 13.8. The van der Waals surface area contributed by atoms with Crippen LogP contribution in [0.1, 0.15) is 39.2 Å². The molecule has 0 unspecified atom stereocenters. The average Bonchev–Trinajstić information content (AvgIpc) is 2.36. The molecule has 1 aromatic rings. The molecule has 3 nitrogen and oxygen atoms in total. The van der Waals surface area contributed by atoms with Gasteiger partial charge in [0, 0.05) is 16.2 Å². The summed E-state index contributed by atoms with van der Waals surface area (Å²) in [6.45, 7) is 6.51. The molecule has 0 aliphatic heterocycles. The monoisotopic (exact) mass is 350 g/mol. The van der Waals surface area contributed by atoms with Crippen LogP contribution in [0.25, 0.3) is 0 Å². The van der Waals surface area contributed by atoms with E-state index >= 15 is 0 Å². The molecular formula is C14H21BrF2N2O. The number of likely N-dealkylation sites (N-methyl/N-ethyl adjacent to an activating group) is 1. The lowest BCUT2D eigenvalue weighted by atomic mass is 9.92. The third-order valence-corrected chi connectivity index (χ3v) is 3.50. The van der Waals surface area contributed by atoms with E-state index in [1.165, 1.54) is 12.3 Å². The van der Waals surface area contributed by atoms with E-state index in [0.717, 1.165) is 6.42 Å². The van der Waals surface area contributed by atoms with Crippen molar-refractivity contribution in [3.05, 3.63) is 22.3 Å². The molecular weight excluding hydrogens is 330 g/mol. The van der Waals surface area contributed by atoms with Gasteiger partial charge in [-0.1, -0.05) is 13.8 Å². The molecule has 1 aromatic heterocycles. The van der Waals surface area contributed by atoms with Crippen molar-refractivity contribution in [2.75, 3.05) is 13.7 Å². The zero-order chi connectivity index (χ0) is 15.3. The highest BCUT2D eigenvalue weighted by atomic mass is 79.9. The summed E-state index contributed by atoms with van der Waals surface area (Å²) >= 11 is 3.14. The molecule has 1 heterocycles. The van der Waals surface area contributed by atoms with Gasteiger partial charge in [-0.3, -0.25) is 0 Å². The van der Waals surface area contributed by atoms with E-state index in [4.69, 9.17) is 4.74 Å². The first kappa shape index (κ1) is 17.3. The van der Waals surface area contributed by atoms with E-state index in [0.29, 0.717) is 10.4 Å². The van der Waals surface area contributed by atoms with E-state index in [9.17, 15) is 8.78 Å². The van der Waals surface area contributed by atoms with Crippen LogP contribution in [0.2, 0.25) is 0 Å². The smallest absolute Gasteiger partial charge is 0.269 e. The highest BCUT2D eigenvalue weighted by molar-refractivity contribution is 9.10. The Kier molecular flexibility index (Phi) is 6.33. The van der Waals surface area contributed by atoms with Gasteiger partial charge >= 0.3 is 0 Å². The second-order valence-electron chi connectivity index (χ2n) is 5.55. The van der Waals surface area contributed by atoms with Crippen LogP contribution in [0.5, 0.6) is 5.88 Å². The van der Waals surface area contributed by atoms with E-state index in [1.54, 1.807) is 0 Å². The van der Waals surface area contributed by atoms with Crippen molar-refractivity contribution in [2.24, 2.45) is 5.92 Å². The van der Waals surface area contributed by atoms with Crippen molar-refractivity contribution in [1.29, 1.82) is 0 Å². The van der Waals surface area contributed by atoms with Crippen molar-refractivity contribution in [2.45, 2.75) is 39.2 Å². The zero-order valence-electron chi connectivity index (χ0n) is 12.2. The Labute approximate surface area is 127 Å². The number of halogens is 3. The van der Waals surface area contributed by atoms with Gasteiger partial charge in [0.2, 0.25) is 5.88 Å². The number of aromatic nitrogens is 1. The van der Waals surface area contributed by atoms with Crippen LogP contribution < -0.4 is 10.1 Å². The Bertz CT molecular complexity index is 443. The van der Waals surface area contributed by atoms with Crippen molar-refractivity contribution in [1.82, 2.24) is 10.3 Å². The fourth-order valence-electron chi connectivity index (χ4n) is 2.08. The molecule has 1 atom stereocenters. The minimum Gasteiger partial charge on any atom is -0.475 e. The van der Waals surface area contributed by atoms with Gasteiger partial charge in [0.1, 0.15) is 6.61 Å². The van der Waals surface area contributed by atoms with Crippen LogP contribution in [-0.2, 0) is 0 Å². The summed E-state index contributed by atoms with van der Waals surface area (Å²) in [4.78, 5) is 3.94. The fraction of sp³-hybridized carbons (Fsp3) is 0.643. The summed E-state index contributed by atoms with van der Waals surface area (Å²) in [5.41, 5.74) is -0.468. The Morgan fingerprint density at radius 3 is 2.60 bits per heavy atom. The van der Waals surface area contributed by atoms with Crippen LogP contribution >= 0.6 is 15.9 Å². The number of alkyl halides is 2. The lowest BCUT2D eigenvalue weighted by molar-refractivity contribution is 0.133. The molecule has 0 aliphatic carbocycles. The molecule has 0 aliphatic rings. The first-order valence-corrected chi connectivity index (χ1v) is 7.32. The number of nitrogens with zero attached hydrogens (tertiary/aromatic N) is 1. The van der Waals surface area contributed by atoms with Gasteiger partial charge in [-0.05, 0) is 48.3 Å². The second-order valence-corrected chi connectivity index (χ2v) is 6.46. The van der Waals surface area contributed by atoms with Gasteiger partial charge in [-0.25, -0.2) is 13.8 Å². The number of rotatable bonds is 7. The van der Waals surface area contributed by atoms with Gasteiger partial charge in [0.05, 0.1) is 5.56 Å². The van der Waals surface area contributed by atoms with Gasteiger partial charge < -0.3 is 10.1 Å². The molecule has 6 heteroatoms. The second kappa shape index (κ2) is 7.31. The van der Waals surface area contributed by atoms with Gasteiger partial charge in [0.25, 0.3) is 6.43 Å². The Hall–Kier alpha value is -0.750.